The van der Waals surface area contributed by atoms with E-state index in [0.717, 1.165) is 22.1 Å². The van der Waals surface area contributed by atoms with Gasteiger partial charge in [0.25, 0.3) is 0 Å². The molecule has 0 saturated heterocycles. The number of nitrogens with one attached hydrogen (secondary N) is 1. The van der Waals surface area contributed by atoms with Crippen molar-refractivity contribution in [3.05, 3.63) is 33.7 Å². The molecule has 0 fully saturated rings. The molecule has 0 atom stereocenters. The largest absolute Gasteiger partial charge is 0.480 e. The maximum atomic E-state index is 13.7. The zero-order valence-corrected chi connectivity index (χ0v) is 13.3. The molecule has 0 bridgehead atoms. The molecular formula is C13H14ClF2N3OS. The van der Waals surface area contributed by atoms with E-state index < -0.39 is 11.6 Å². The van der Waals surface area contributed by atoms with E-state index in [0.29, 0.717) is 5.88 Å². The Morgan fingerprint density at radius 3 is 2.67 bits per heavy atom. The van der Waals surface area contributed by atoms with Gasteiger partial charge in [-0.05, 0) is 6.07 Å². The molecule has 1 aromatic carbocycles. The van der Waals surface area contributed by atoms with Gasteiger partial charge in [0.1, 0.15) is 5.82 Å². The summed E-state index contributed by atoms with van der Waals surface area (Å²) < 4.78 is 31.9. The van der Waals surface area contributed by atoms with E-state index in [1.54, 1.807) is 0 Å². The Hall–Kier alpha value is -1.60. The molecule has 8 heteroatoms. The number of aromatic nitrogens is 1. The number of anilines is 2. The van der Waals surface area contributed by atoms with Crippen LogP contribution in [0.1, 0.15) is 4.88 Å². The first kappa shape index (κ1) is 15.8. The molecular weight excluding hydrogens is 320 g/mol. The van der Waals surface area contributed by atoms with Gasteiger partial charge in [-0.25, -0.2) is 8.78 Å². The first-order chi connectivity index (χ1) is 9.92. The van der Waals surface area contributed by atoms with Gasteiger partial charge in [0.2, 0.25) is 5.88 Å². The van der Waals surface area contributed by atoms with Gasteiger partial charge in [-0.15, -0.1) is 0 Å². The number of hydrogen-bond donors (Lipinski definition) is 1. The van der Waals surface area contributed by atoms with Crippen LogP contribution in [0.4, 0.5) is 19.6 Å². The summed E-state index contributed by atoms with van der Waals surface area (Å²) in [5.74, 6) is -0.987. The lowest BCUT2D eigenvalue weighted by Crippen LogP contribution is -2.07. The molecule has 0 radical (unpaired) electrons. The normalized spacial score (nSPS) is 10.6. The predicted molar refractivity (Wildman–Crippen MR) is 81.7 cm³/mol. The highest BCUT2D eigenvalue weighted by Gasteiger charge is 2.15. The van der Waals surface area contributed by atoms with Crippen LogP contribution in [-0.4, -0.2) is 26.2 Å². The number of rotatable bonds is 5. The fraction of sp³-hybridized carbons (Fsp3) is 0.308. The summed E-state index contributed by atoms with van der Waals surface area (Å²) in [6, 6.07) is 1.84. The van der Waals surface area contributed by atoms with E-state index >= 15 is 0 Å². The van der Waals surface area contributed by atoms with Gasteiger partial charge in [0, 0.05) is 20.2 Å². The molecule has 2 aromatic rings. The summed E-state index contributed by atoms with van der Waals surface area (Å²) >= 11 is 7.25. The van der Waals surface area contributed by atoms with Gasteiger partial charge in [-0.2, -0.15) is 4.98 Å². The van der Waals surface area contributed by atoms with Gasteiger partial charge in [0.05, 0.1) is 29.2 Å². The van der Waals surface area contributed by atoms with E-state index in [2.05, 4.69) is 10.3 Å². The van der Waals surface area contributed by atoms with Crippen LogP contribution in [0.2, 0.25) is 5.02 Å². The van der Waals surface area contributed by atoms with Crippen molar-refractivity contribution >= 4 is 33.8 Å². The maximum absolute atomic E-state index is 13.7. The first-order valence-electron chi connectivity index (χ1n) is 6.01. The van der Waals surface area contributed by atoms with Crippen LogP contribution in [0.3, 0.4) is 0 Å². The number of ether oxygens (including phenoxy) is 1. The smallest absolute Gasteiger partial charge is 0.231 e. The lowest BCUT2D eigenvalue weighted by molar-refractivity contribution is 0.397. The Morgan fingerprint density at radius 2 is 2.10 bits per heavy atom. The first-order valence-corrected chi connectivity index (χ1v) is 7.21. The Kier molecular flexibility index (Phi) is 4.84. The van der Waals surface area contributed by atoms with Gasteiger partial charge < -0.3 is 15.0 Å². The third-order valence-corrected chi connectivity index (χ3v) is 4.16. The van der Waals surface area contributed by atoms with Crippen LogP contribution in [0, 0.1) is 11.6 Å². The van der Waals surface area contributed by atoms with Crippen LogP contribution in [-0.2, 0) is 6.54 Å². The highest BCUT2D eigenvalue weighted by atomic mass is 35.5. The second kappa shape index (κ2) is 6.44. The zero-order valence-electron chi connectivity index (χ0n) is 11.7. The molecule has 114 valence electrons. The molecule has 2 rings (SSSR count). The molecule has 1 aromatic heterocycles. The van der Waals surface area contributed by atoms with Crippen molar-refractivity contribution in [2.45, 2.75) is 6.54 Å². The lowest BCUT2D eigenvalue weighted by Gasteiger charge is -2.09. The minimum atomic E-state index is -0.740. The van der Waals surface area contributed by atoms with Crippen molar-refractivity contribution in [3.8, 4) is 5.88 Å². The fourth-order valence-electron chi connectivity index (χ4n) is 1.67. The molecule has 4 nitrogen and oxygen atoms in total. The number of thiazole rings is 1. The van der Waals surface area contributed by atoms with Crippen LogP contribution < -0.4 is 15.0 Å². The topological polar surface area (TPSA) is 37.4 Å². The Labute approximate surface area is 130 Å². The number of nitrogens with zero attached hydrogens (tertiary/aromatic N) is 2. The van der Waals surface area contributed by atoms with Crippen LogP contribution >= 0.6 is 22.9 Å². The maximum Gasteiger partial charge on any atom is 0.231 e. The van der Waals surface area contributed by atoms with Crippen molar-refractivity contribution in [3.63, 3.8) is 0 Å². The minimum absolute atomic E-state index is 0.0104. The fourth-order valence-corrected chi connectivity index (χ4v) is 2.82. The molecule has 0 saturated carbocycles. The van der Waals surface area contributed by atoms with E-state index in [1.807, 2.05) is 19.0 Å². The molecule has 21 heavy (non-hydrogen) atoms. The average molecular weight is 334 g/mol. The summed E-state index contributed by atoms with van der Waals surface area (Å²) in [5.41, 5.74) is 0.0555. The number of hydrogen-bond acceptors (Lipinski definition) is 5. The van der Waals surface area contributed by atoms with Crippen LogP contribution in [0.5, 0.6) is 5.88 Å². The Bertz CT molecular complexity index is 625. The van der Waals surface area contributed by atoms with E-state index in [4.69, 9.17) is 16.3 Å². The zero-order chi connectivity index (χ0) is 15.6. The molecule has 0 spiro atoms. The van der Waals surface area contributed by atoms with Gasteiger partial charge in [-0.1, -0.05) is 22.9 Å². The van der Waals surface area contributed by atoms with Gasteiger partial charge in [0.15, 0.2) is 10.9 Å². The van der Waals surface area contributed by atoms with E-state index in [1.165, 1.54) is 18.4 Å². The highest BCUT2D eigenvalue weighted by molar-refractivity contribution is 7.15. The summed E-state index contributed by atoms with van der Waals surface area (Å²) in [6.07, 6.45) is 0. The molecule has 1 N–H and O–H groups in total. The molecule has 1 heterocycles. The van der Waals surface area contributed by atoms with Gasteiger partial charge in [-0.3, -0.25) is 0 Å². The molecule has 0 aliphatic heterocycles. The number of benzene rings is 1. The quantitative estimate of drug-likeness (QED) is 0.904. The molecule has 0 aliphatic carbocycles. The summed E-state index contributed by atoms with van der Waals surface area (Å²) in [7, 11) is 5.25. The van der Waals surface area contributed by atoms with E-state index in [-0.39, 0.29) is 17.3 Å². The molecule has 0 amide bonds. The van der Waals surface area contributed by atoms with Crippen LogP contribution in [0.15, 0.2) is 12.1 Å². The van der Waals surface area contributed by atoms with Gasteiger partial charge >= 0.3 is 0 Å². The third kappa shape index (κ3) is 3.54. The van der Waals surface area contributed by atoms with Crippen molar-refractivity contribution in [1.82, 2.24) is 4.98 Å². The highest BCUT2D eigenvalue weighted by Crippen LogP contribution is 2.32. The summed E-state index contributed by atoms with van der Waals surface area (Å²) in [4.78, 5) is 6.94. The third-order valence-electron chi connectivity index (χ3n) is 2.66. The van der Waals surface area contributed by atoms with Crippen molar-refractivity contribution in [2.75, 3.05) is 31.4 Å². The monoisotopic (exact) mass is 333 g/mol. The Morgan fingerprint density at radius 1 is 1.38 bits per heavy atom. The van der Waals surface area contributed by atoms with Crippen molar-refractivity contribution in [2.24, 2.45) is 0 Å². The second-order valence-corrected chi connectivity index (χ2v) is 5.89. The van der Waals surface area contributed by atoms with E-state index in [9.17, 15) is 8.78 Å². The number of halogens is 3. The molecule has 0 unspecified atom stereocenters. The lowest BCUT2D eigenvalue weighted by atomic mass is 10.3. The predicted octanol–water partition coefficient (Wildman–Crippen LogP) is 3.76. The van der Waals surface area contributed by atoms with Crippen molar-refractivity contribution < 1.29 is 13.5 Å². The molecule has 0 aliphatic rings. The SMILES string of the molecule is COc1nc(N(C)C)sc1CNc1c(F)cc(F)cc1Cl. The van der Waals surface area contributed by atoms with Crippen molar-refractivity contribution in [1.29, 1.82) is 0 Å². The number of methoxy groups -OCH3 is 1. The Balaban J connectivity index is 2.20. The van der Waals surface area contributed by atoms with Crippen LogP contribution in [0.25, 0.3) is 0 Å². The summed E-state index contributed by atoms with van der Waals surface area (Å²) in [5, 5.41) is 3.61. The minimum Gasteiger partial charge on any atom is -0.480 e. The second-order valence-electron chi connectivity index (χ2n) is 4.42. The summed E-state index contributed by atoms with van der Waals surface area (Å²) in [6.45, 7) is 0.275. The average Bonchev–Trinajstić information content (AvgIpc) is 2.81. The standard InChI is InChI=1S/C13H14ClF2N3OS/c1-19(2)13-18-12(20-3)10(21-13)6-17-11-8(14)4-7(15)5-9(11)16/h4-5,17H,6H2,1-3H3.